The first kappa shape index (κ1) is 13.3. The number of amides is 1. The number of nitrogens with one attached hydrogen (secondary N) is 2. The number of rotatable bonds is 1. The lowest BCUT2D eigenvalue weighted by Gasteiger charge is -2.07. The van der Waals surface area contributed by atoms with Crippen LogP contribution in [0, 0.1) is 0 Å². The summed E-state index contributed by atoms with van der Waals surface area (Å²) in [5.74, 6) is -0.294. The Bertz CT molecular complexity index is 613. The molecule has 0 aliphatic carbocycles. The van der Waals surface area contributed by atoms with E-state index < -0.39 is 0 Å². The Morgan fingerprint density at radius 3 is 3.00 bits per heavy atom. The van der Waals surface area contributed by atoms with Crippen molar-refractivity contribution in [1.29, 1.82) is 0 Å². The largest absolute Gasteiger partial charge is 0.294 e. The fraction of sp³-hybridized carbons (Fsp3) is 0.100. The molecule has 0 bridgehead atoms. The van der Waals surface area contributed by atoms with E-state index in [0.29, 0.717) is 15.7 Å². The van der Waals surface area contributed by atoms with Crippen LogP contribution in [0.1, 0.15) is 10.5 Å². The van der Waals surface area contributed by atoms with Crippen LogP contribution in [0.3, 0.4) is 0 Å². The van der Waals surface area contributed by atoms with E-state index >= 15 is 0 Å². The zero-order valence-corrected chi connectivity index (χ0v) is 12.5. The number of imidazole rings is 1. The maximum atomic E-state index is 11.9. The Kier molecular flexibility index (Phi) is 4.20. The van der Waals surface area contributed by atoms with Crippen LogP contribution >= 0.6 is 39.9 Å². The molecular weight excluding hydrogens is 336 g/mol. The third kappa shape index (κ3) is 2.82. The first-order chi connectivity index (χ1) is 8.61. The van der Waals surface area contributed by atoms with Gasteiger partial charge in [-0.3, -0.25) is 20.0 Å². The Morgan fingerprint density at radius 2 is 2.28 bits per heavy atom. The summed E-state index contributed by atoms with van der Waals surface area (Å²) in [5.41, 5.74) is 6.30. The van der Waals surface area contributed by atoms with Gasteiger partial charge in [-0.05, 0) is 34.3 Å². The molecular formula is C10H9BrN4OS2. The smallest absolute Gasteiger partial charge is 0.288 e. The third-order valence-electron chi connectivity index (χ3n) is 2.17. The van der Waals surface area contributed by atoms with Crippen LogP contribution in [-0.2, 0) is 0 Å². The minimum Gasteiger partial charge on any atom is -0.294 e. The van der Waals surface area contributed by atoms with E-state index in [1.165, 1.54) is 18.0 Å². The molecule has 0 spiro atoms. The second-order valence-corrected chi connectivity index (χ2v) is 5.69. The topological polar surface area (TPSA) is 58.4 Å². The fourth-order valence-corrected chi connectivity index (χ4v) is 1.89. The van der Waals surface area contributed by atoms with Crippen molar-refractivity contribution >= 4 is 55.8 Å². The highest BCUT2D eigenvalue weighted by molar-refractivity contribution is 9.10. The number of carbonyl (C=O) groups excluding carboxylic acids is 1. The van der Waals surface area contributed by atoms with Crippen molar-refractivity contribution in [2.24, 2.45) is 0 Å². The number of aromatic nitrogens is 2. The summed E-state index contributed by atoms with van der Waals surface area (Å²) in [5, 5.41) is 0. The molecule has 0 saturated carbocycles. The number of thiocarbonyl (C=S) groups is 1. The SMILES string of the molecule is CSC(=S)NNC(=O)c1cnc2ccc(Br)cn12. The molecule has 94 valence electrons. The number of fused-ring (bicyclic) bond motifs is 1. The second kappa shape index (κ2) is 5.68. The molecule has 0 atom stereocenters. The summed E-state index contributed by atoms with van der Waals surface area (Å²) < 4.78 is 3.07. The van der Waals surface area contributed by atoms with Crippen LogP contribution in [0.2, 0.25) is 0 Å². The highest BCUT2D eigenvalue weighted by atomic mass is 79.9. The lowest BCUT2D eigenvalue weighted by Crippen LogP contribution is -2.39. The van der Waals surface area contributed by atoms with Gasteiger partial charge in [0.1, 0.15) is 11.3 Å². The minimum atomic E-state index is -0.294. The van der Waals surface area contributed by atoms with E-state index in [2.05, 4.69) is 31.8 Å². The maximum Gasteiger partial charge on any atom is 0.288 e. The van der Waals surface area contributed by atoms with Crippen molar-refractivity contribution in [2.45, 2.75) is 0 Å². The second-order valence-electron chi connectivity index (χ2n) is 3.29. The van der Waals surface area contributed by atoms with Gasteiger partial charge in [-0.15, -0.1) is 0 Å². The highest BCUT2D eigenvalue weighted by Crippen LogP contribution is 2.13. The van der Waals surface area contributed by atoms with Gasteiger partial charge in [0.25, 0.3) is 5.91 Å². The third-order valence-corrected chi connectivity index (χ3v) is 3.71. The van der Waals surface area contributed by atoms with Crippen molar-refractivity contribution in [3.63, 3.8) is 0 Å². The fourth-order valence-electron chi connectivity index (χ4n) is 1.35. The van der Waals surface area contributed by atoms with Crippen LogP contribution < -0.4 is 10.9 Å². The molecule has 0 unspecified atom stereocenters. The lowest BCUT2D eigenvalue weighted by molar-refractivity contribution is 0.0938. The number of pyridine rings is 1. The zero-order chi connectivity index (χ0) is 13.1. The number of hydrogen-bond donors (Lipinski definition) is 2. The molecule has 1 amide bonds. The summed E-state index contributed by atoms with van der Waals surface area (Å²) in [6.07, 6.45) is 5.12. The molecule has 2 heterocycles. The normalized spacial score (nSPS) is 10.3. The van der Waals surface area contributed by atoms with E-state index in [1.807, 2.05) is 18.4 Å². The predicted molar refractivity (Wildman–Crippen MR) is 79.6 cm³/mol. The monoisotopic (exact) mass is 344 g/mol. The van der Waals surface area contributed by atoms with Crippen molar-refractivity contribution in [1.82, 2.24) is 20.2 Å². The zero-order valence-electron chi connectivity index (χ0n) is 9.31. The number of thioether (sulfide) groups is 1. The number of hydrogen-bond acceptors (Lipinski definition) is 4. The molecule has 2 aromatic rings. The summed E-state index contributed by atoms with van der Waals surface area (Å²) in [6, 6.07) is 3.69. The molecule has 2 aromatic heterocycles. The number of halogens is 1. The van der Waals surface area contributed by atoms with Crippen molar-refractivity contribution in [3.8, 4) is 0 Å². The Hall–Kier alpha value is -1.12. The minimum absolute atomic E-state index is 0.294. The summed E-state index contributed by atoms with van der Waals surface area (Å²) in [7, 11) is 0. The van der Waals surface area contributed by atoms with Gasteiger partial charge in [-0.1, -0.05) is 24.0 Å². The van der Waals surface area contributed by atoms with Gasteiger partial charge in [0.15, 0.2) is 4.32 Å². The first-order valence-electron chi connectivity index (χ1n) is 4.88. The van der Waals surface area contributed by atoms with Crippen LogP contribution in [0.5, 0.6) is 0 Å². The van der Waals surface area contributed by atoms with Gasteiger partial charge in [-0.2, -0.15) is 0 Å². The summed E-state index contributed by atoms with van der Waals surface area (Å²) in [4.78, 5) is 16.1. The molecule has 0 aliphatic heterocycles. The predicted octanol–water partition coefficient (Wildman–Crippen LogP) is 1.98. The number of carbonyl (C=O) groups is 1. The standard InChI is InChI=1S/C10H9BrN4OS2/c1-18-10(17)14-13-9(16)7-4-12-8-3-2-6(11)5-15(7)8/h2-5H,1H3,(H,13,16)(H,14,17). The molecule has 0 radical (unpaired) electrons. The average Bonchev–Trinajstić information content (AvgIpc) is 2.78. The maximum absolute atomic E-state index is 11.9. The van der Waals surface area contributed by atoms with Gasteiger partial charge >= 0.3 is 0 Å². The lowest BCUT2D eigenvalue weighted by atomic mass is 10.4. The van der Waals surface area contributed by atoms with E-state index in [-0.39, 0.29) is 5.91 Å². The van der Waals surface area contributed by atoms with Gasteiger partial charge in [0, 0.05) is 10.7 Å². The average molecular weight is 345 g/mol. The van der Waals surface area contributed by atoms with Crippen molar-refractivity contribution in [3.05, 3.63) is 34.7 Å². The Labute approximate surface area is 121 Å². The molecule has 0 fully saturated rings. The quantitative estimate of drug-likeness (QED) is 0.611. The molecule has 5 nitrogen and oxygen atoms in total. The van der Waals surface area contributed by atoms with Crippen LogP contribution in [-0.4, -0.2) is 25.9 Å². The highest BCUT2D eigenvalue weighted by Gasteiger charge is 2.12. The van der Waals surface area contributed by atoms with Gasteiger partial charge in [-0.25, -0.2) is 4.98 Å². The van der Waals surface area contributed by atoms with Crippen molar-refractivity contribution < 1.29 is 4.79 Å². The van der Waals surface area contributed by atoms with Gasteiger partial charge in [0.05, 0.1) is 6.20 Å². The molecule has 18 heavy (non-hydrogen) atoms. The number of hydrazine groups is 1. The van der Waals surface area contributed by atoms with Crippen LogP contribution in [0.4, 0.5) is 0 Å². The Morgan fingerprint density at radius 1 is 1.50 bits per heavy atom. The van der Waals surface area contributed by atoms with Crippen molar-refractivity contribution in [2.75, 3.05) is 6.26 Å². The Balaban J connectivity index is 2.22. The van der Waals surface area contributed by atoms with Crippen LogP contribution in [0.15, 0.2) is 29.0 Å². The first-order valence-corrected chi connectivity index (χ1v) is 7.31. The molecule has 0 saturated heterocycles. The molecule has 2 rings (SSSR count). The van der Waals surface area contributed by atoms with Gasteiger partial charge in [0.2, 0.25) is 0 Å². The summed E-state index contributed by atoms with van der Waals surface area (Å²) >= 11 is 9.63. The van der Waals surface area contributed by atoms with E-state index in [4.69, 9.17) is 12.2 Å². The number of nitrogens with zero attached hydrogens (tertiary/aromatic N) is 2. The van der Waals surface area contributed by atoms with E-state index in [1.54, 1.807) is 10.6 Å². The molecule has 8 heteroatoms. The van der Waals surface area contributed by atoms with E-state index in [0.717, 1.165) is 4.47 Å². The molecule has 2 N–H and O–H groups in total. The van der Waals surface area contributed by atoms with Gasteiger partial charge < -0.3 is 0 Å². The van der Waals surface area contributed by atoms with Crippen LogP contribution in [0.25, 0.3) is 5.65 Å². The molecule has 0 aromatic carbocycles. The summed E-state index contributed by atoms with van der Waals surface area (Å²) in [6.45, 7) is 0. The van der Waals surface area contributed by atoms with E-state index in [9.17, 15) is 4.79 Å². The molecule has 0 aliphatic rings.